The molecule has 5 nitrogen and oxygen atoms in total. The van der Waals surface area contributed by atoms with E-state index >= 15 is 0 Å². The highest BCUT2D eigenvalue weighted by Crippen LogP contribution is 2.18. The van der Waals surface area contributed by atoms with Crippen molar-refractivity contribution in [2.45, 2.75) is 13.3 Å². The van der Waals surface area contributed by atoms with E-state index in [1.165, 1.54) is 12.3 Å². The summed E-state index contributed by atoms with van der Waals surface area (Å²) >= 11 is 0. The molecule has 0 amide bonds. The van der Waals surface area contributed by atoms with Gasteiger partial charge in [0, 0.05) is 6.42 Å². The van der Waals surface area contributed by atoms with Crippen molar-refractivity contribution >= 4 is 11.5 Å². The van der Waals surface area contributed by atoms with Crippen LogP contribution in [0.15, 0.2) is 18.3 Å². The molecule has 2 N–H and O–H groups in total. The minimum absolute atomic E-state index is 0.0202. The third-order valence-corrected chi connectivity index (χ3v) is 2.21. The smallest absolute Gasteiger partial charge is 0.356 e. The first-order valence-electron chi connectivity index (χ1n) is 4.56. The molecule has 0 aliphatic rings. The highest BCUT2D eigenvalue weighted by atomic mass is 16.4. The summed E-state index contributed by atoms with van der Waals surface area (Å²) in [5.41, 5.74) is 0.518. The molecule has 5 heteroatoms. The van der Waals surface area contributed by atoms with Crippen molar-refractivity contribution < 1.29 is 15.0 Å². The summed E-state index contributed by atoms with van der Waals surface area (Å²) in [6.45, 7) is 1.88. The van der Waals surface area contributed by atoms with E-state index < -0.39 is 5.97 Å². The van der Waals surface area contributed by atoms with Crippen LogP contribution in [0, 0.1) is 0 Å². The number of imidazole rings is 1. The van der Waals surface area contributed by atoms with Gasteiger partial charge in [-0.3, -0.25) is 4.40 Å². The first-order chi connectivity index (χ1) is 7.13. The Labute approximate surface area is 85.6 Å². The number of fused-ring (bicyclic) bond motifs is 1. The largest absolute Gasteiger partial charge is 0.506 e. The molecule has 0 bridgehead atoms. The Hall–Kier alpha value is -2.04. The standard InChI is InChI=1S/C10H10N2O3/c1-2-8-11-9(10(14)15)7-4-3-6(13)5-12(7)8/h3-5,13H,2H2,1H3,(H,14,15). The van der Waals surface area contributed by atoms with Gasteiger partial charge in [0.25, 0.3) is 0 Å². The lowest BCUT2D eigenvalue weighted by atomic mass is 10.3. The number of hydrogen-bond acceptors (Lipinski definition) is 3. The zero-order valence-electron chi connectivity index (χ0n) is 8.14. The fourth-order valence-electron chi connectivity index (χ4n) is 1.54. The molecule has 0 spiro atoms. The van der Waals surface area contributed by atoms with E-state index in [1.54, 1.807) is 10.5 Å². The van der Waals surface area contributed by atoms with Gasteiger partial charge in [-0.2, -0.15) is 0 Å². The molecule has 0 aliphatic heterocycles. The van der Waals surface area contributed by atoms with Crippen LogP contribution in [0.3, 0.4) is 0 Å². The van der Waals surface area contributed by atoms with Crippen LogP contribution in [-0.4, -0.2) is 25.6 Å². The lowest BCUT2D eigenvalue weighted by molar-refractivity contribution is 0.0693. The van der Waals surface area contributed by atoms with E-state index in [1.807, 2.05) is 6.92 Å². The van der Waals surface area contributed by atoms with Gasteiger partial charge in [0.1, 0.15) is 11.6 Å². The summed E-state index contributed by atoms with van der Waals surface area (Å²) in [5.74, 6) is -0.345. The van der Waals surface area contributed by atoms with E-state index in [9.17, 15) is 9.90 Å². The molecule has 2 aromatic heterocycles. The van der Waals surface area contributed by atoms with Gasteiger partial charge < -0.3 is 10.2 Å². The van der Waals surface area contributed by atoms with Gasteiger partial charge in [0.05, 0.1) is 11.7 Å². The average Bonchev–Trinajstić information content (AvgIpc) is 2.55. The van der Waals surface area contributed by atoms with Gasteiger partial charge >= 0.3 is 5.97 Å². The number of aryl methyl sites for hydroxylation is 1. The van der Waals surface area contributed by atoms with Crippen LogP contribution in [0.4, 0.5) is 0 Å². The topological polar surface area (TPSA) is 74.8 Å². The van der Waals surface area contributed by atoms with Crippen molar-refractivity contribution in [3.05, 3.63) is 29.8 Å². The molecule has 0 aliphatic carbocycles. The van der Waals surface area contributed by atoms with Gasteiger partial charge in [-0.05, 0) is 12.1 Å². The third-order valence-electron chi connectivity index (χ3n) is 2.21. The molecule has 0 atom stereocenters. The normalized spacial score (nSPS) is 10.7. The lowest BCUT2D eigenvalue weighted by Crippen LogP contribution is -1.97. The van der Waals surface area contributed by atoms with Crippen LogP contribution in [0.2, 0.25) is 0 Å². The van der Waals surface area contributed by atoms with Crippen molar-refractivity contribution in [3.8, 4) is 5.75 Å². The quantitative estimate of drug-likeness (QED) is 0.776. The summed E-state index contributed by atoms with van der Waals surface area (Å²) in [7, 11) is 0. The van der Waals surface area contributed by atoms with Crippen LogP contribution in [-0.2, 0) is 6.42 Å². The molecule has 0 radical (unpaired) electrons. The Kier molecular flexibility index (Phi) is 2.07. The lowest BCUT2D eigenvalue weighted by Gasteiger charge is -1.98. The first kappa shape index (κ1) is 9.51. The number of carboxylic acids is 1. The Balaban J connectivity index is 2.81. The molecule has 0 saturated heterocycles. The van der Waals surface area contributed by atoms with Crippen molar-refractivity contribution in [1.29, 1.82) is 0 Å². The maximum absolute atomic E-state index is 10.9. The van der Waals surface area contributed by atoms with E-state index in [0.717, 1.165) is 0 Å². The zero-order valence-corrected chi connectivity index (χ0v) is 8.14. The van der Waals surface area contributed by atoms with Gasteiger partial charge in [-0.1, -0.05) is 6.92 Å². The number of pyridine rings is 1. The summed E-state index contributed by atoms with van der Waals surface area (Å²) in [5, 5.41) is 18.2. The second-order valence-corrected chi connectivity index (χ2v) is 3.18. The number of carboxylic acid groups (broad SMARTS) is 1. The Morgan fingerprint density at radius 2 is 2.27 bits per heavy atom. The molecule has 2 heterocycles. The maximum atomic E-state index is 10.9. The molecular formula is C10H10N2O3. The second-order valence-electron chi connectivity index (χ2n) is 3.18. The van der Waals surface area contributed by atoms with Crippen LogP contribution in [0.1, 0.15) is 23.2 Å². The minimum Gasteiger partial charge on any atom is -0.506 e. The number of aromatic hydroxyl groups is 1. The van der Waals surface area contributed by atoms with E-state index in [0.29, 0.717) is 17.8 Å². The number of aromatic nitrogens is 2. The maximum Gasteiger partial charge on any atom is 0.356 e. The molecule has 0 fully saturated rings. The summed E-state index contributed by atoms with van der Waals surface area (Å²) in [6.07, 6.45) is 2.07. The van der Waals surface area contributed by atoms with Crippen molar-refractivity contribution in [3.63, 3.8) is 0 Å². The SMILES string of the molecule is CCc1nc(C(=O)O)c2ccc(O)cn12. The number of aromatic carboxylic acids is 1. The molecule has 2 rings (SSSR count). The Morgan fingerprint density at radius 3 is 2.87 bits per heavy atom. The van der Waals surface area contributed by atoms with E-state index in [4.69, 9.17) is 5.11 Å². The van der Waals surface area contributed by atoms with Gasteiger partial charge in [0.2, 0.25) is 0 Å². The molecule has 0 unspecified atom stereocenters. The zero-order chi connectivity index (χ0) is 11.0. The minimum atomic E-state index is -1.06. The van der Waals surface area contributed by atoms with Crippen LogP contribution < -0.4 is 0 Å². The second kappa shape index (κ2) is 3.27. The summed E-state index contributed by atoms with van der Waals surface area (Å²) in [6, 6.07) is 2.99. The molecule has 15 heavy (non-hydrogen) atoms. The number of hydrogen-bond donors (Lipinski definition) is 2. The van der Waals surface area contributed by atoms with Crippen molar-refractivity contribution in [1.82, 2.24) is 9.38 Å². The van der Waals surface area contributed by atoms with E-state index in [2.05, 4.69) is 4.98 Å². The molecule has 2 aromatic rings. The van der Waals surface area contributed by atoms with Crippen LogP contribution >= 0.6 is 0 Å². The fraction of sp³-hybridized carbons (Fsp3) is 0.200. The molecule has 0 saturated carbocycles. The highest BCUT2D eigenvalue weighted by Gasteiger charge is 2.15. The predicted molar refractivity (Wildman–Crippen MR) is 53.2 cm³/mol. The Morgan fingerprint density at radius 1 is 1.53 bits per heavy atom. The molecule has 0 aromatic carbocycles. The average molecular weight is 206 g/mol. The summed E-state index contributed by atoms with van der Waals surface area (Å²) in [4.78, 5) is 14.9. The van der Waals surface area contributed by atoms with Gasteiger partial charge in [-0.25, -0.2) is 9.78 Å². The van der Waals surface area contributed by atoms with Gasteiger partial charge in [-0.15, -0.1) is 0 Å². The van der Waals surface area contributed by atoms with Crippen LogP contribution in [0.25, 0.3) is 5.52 Å². The number of carbonyl (C=O) groups is 1. The molecular weight excluding hydrogens is 196 g/mol. The highest BCUT2D eigenvalue weighted by molar-refractivity contribution is 5.93. The predicted octanol–water partition coefficient (Wildman–Crippen LogP) is 1.30. The fourth-order valence-corrected chi connectivity index (χ4v) is 1.54. The van der Waals surface area contributed by atoms with Gasteiger partial charge in [0.15, 0.2) is 5.69 Å². The molecule has 78 valence electrons. The van der Waals surface area contributed by atoms with Crippen LogP contribution in [0.5, 0.6) is 5.75 Å². The first-order valence-corrected chi connectivity index (χ1v) is 4.56. The third kappa shape index (κ3) is 1.41. The monoisotopic (exact) mass is 206 g/mol. The number of nitrogens with zero attached hydrogens (tertiary/aromatic N) is 2. The number of rotatable bonds is 2. The van der Waals surface area contributed by atoms with E-state index in [-0.39, 0.29) is 11.4 Å². The van der Waals surface area contributed by atoms with Crippen molar-refractivity contribution in [2.75, 3.05) is 0 Å². The summed E-state index contributed by atoms with van der Waals surface area (Å²) < 4.78 is 1.60. The Bertz CT molecular complexity index is 531. The van der Waals surface area contributed by atoms with Crippen molar-refractivity contribution in [2.24, 2.45) is 0 Å².